The lowest BCUT2D eigenvalue weighted by Crippen LogP contribution is -2.00. The molecule has 0 N–H and O–H groups in total. The number of nitrogens with zero attached hydrogens (tertiary/aromatic N) is 3. The van der Waals surface area contributed by atoms with Crippen LogP contribution in [0.3, 0.4) is 0 Å². The van der Waals surface area contributed by atoms with Gasteiger partial charge in [-0.3, -0.25) is 0 Å². The van der Waals surface area contributed by atoms with Crippen LogP contribution < -0.4 is 0 Å². The third-order valence-corrected chi connectivity index (χ3v) is 9.91. The van der Waals surface area contributed by atoms with Crippen molar-refractivity contribution in [3.8, 4) is 67.5 Å². The van der Waals surface area contributed by atoms with Crippen LogP contribution in [0.1, 0.15) is 0 Å². The molecule has 2 heterocycles. The van der Waals surface area contributed by atoms with Crippen LogP contribution in [0, 0.1) is 0 Å². The molecule has 8 aromatic carbocycles. The van der Waals surface area contributed by atoms with E-state index in [1.165, 1.54) is 5.39 Å². The fourth-order valence-corrected chi connectivity index (χ4v) is 7.22. The van der Waals surface area contributed by atoms with E-state index < -0.39 is 0 Å². The smallest absolute Gasteiger partial charge is 0.164 e. The Morgan fingerprint density at radius 1 is 0.283 bits per heavy atom. The largest absolute Gasteiger partial charge is 0.455 e. The first kappa shape index (κ1) is 30.6. The van der Waals surface area contributed by atoms with Gasteiger partial charge in [-0.05, 0) is 75.2 Å². The lowest BCUT2D eigenvalue weighted by atomic mass is 9.95. The summed E-state index contributed by atoms with van der Waals surface area (Å²) in [6, 6.07) is 65.3. The summed E-state index contributed by atoms with van der Waals surface area (Å²) < 4.78 is 6.38. The average Bonchev–Trinajstić information content (AvgIpc) is 3.63. The van der Waals surface area contributed by atoms with Gasteiger partial charge in [0, 0.05) is 32.8 Å². The van der Waals surface area contributed by atoms with Gasteiger partial charge in [-0.1, -0.05) is 152 Å². The summed E-state index contributed by atoms with van der Waals surface area (Å²) in [5.41, 5.74) is 11.5. The number of hydrogen-bond acceptors (Lipinski definition) is 4. The zero-order chi connectivity index (χ0) is 35.1. The lowest BCUT2D eigenvalue weighted by molar-refractivity contribution is 0.672. The predicted octanol–water partition coefficient (Wildman–Crippen LogP) is 12.9. The van der Waals surface area contributed by atoms with E-state index >= 15 is 0 Å². The van der Waals surface area contributed by atoms with E-state index in [1.54, 1.807) is 0 Å². The second-order valence-corrected chi connectivity index (χ2v) is 13.3. The van der Waals surface area contributed by atoms with E-state index in [1.807, 2.05) is 60.7 Å². The molecule has 10 rings (SSSR count). The molecule has 0 spiro atoms. The van der Waals surface area contributed by atoms with Gasteiger partial charge in [0.2, 0.25) is 0 Å². The topological polar surface area (TPSA) is 51.8 Å². The molecule has 0 atom stereocenters. The molecule has 2 aromatic heterocycles. The van der Waals surface area contributed by atoms with Crippen LogP contribution in [0.15, 0.2) is 192 Å². The minimum Gasteiger partial charge on any atom is -0.455 e. The maximum Gasteiger partial charge on any atom is 0.164 e. The highest BCUT2D eigenvalue weighted by Crippen LogP contribution is 2.37. The Morgan fingerprint density at radius 2 is 0.736 bits per heavy atom. The van der Waals surface area contributed by atoms with E-state index in [9.17, 15) is 0 Å². The molecular weight excluding hydrogens is 647 g/mol. The quantitative estimate of drug-likeness (QED) is 0.176. The van der Waals surface area contributed by atoms with Gasteiger partial charge in [0.1, 0.15) is 11.2 Å². The van der Waals surface area contributed by atoms with Crippen molar-refractivity contribution in [2.24, 2.45) is 0 Å². The highest BCUT2D eigenvalue weighted by atomic mass is 16.3. The van der Waals surface area contributed by atoms with Crippen molar-refractivity contribution < 1.29 is 4.42 Å². The number of fused-ring (bicyclic) bond motifs is 5. The lowest BCUT2D eigenvalue weighted by Gasteiger charge is -2.11. The van der Waals surface area contributed by atoms with Crippen LogP contribution in [-0.4, -0.2) is 15.0 Å². The molecule has 0 amide bonds. The van der Waals surface area contributed by atoms with Crippen molar-refractivity contribution >= 4 is 32.7 Å². The highest BCUT2D eigenvalue weighted by molar-refractivity contribution is 6.15. The third kappa shape index (κ3) is 5.73. The maximum atomic E-state index is 6.38. The summed E-state index contributed by atoms with van der Waals surface area (Å²) >= 11 is 0. The fraction of sp³-hybridized carbons (Fsp3) is 0. The Hall–Kier alpha value is -7.17. The molecule has 4 nitrogen and oxygen atoms in total. The van der Waals surface area contributed by atoms with Crippen LogP contribution in [0.25, 0.3) is 100 Å². The van der Waals surface area contributed by atoms with Crippen molar-refractivity contribution in [1.82, 2.24) is 15.0 Å². The Bertz CT molecular complexity index is 2890. The summed E-state index contributed by atoms with van der Waals surface area (Å²) in [7, 11) is 0. The number of rotatable bonds is 6. The molecule has 0 radical (unpaired) electrons. The first-order chi connectivity index (χ1) is 26.2. The highest BCUT2D eigenvalue weighted by Gasteiger charge is 2.14. The molecule has 0 fully saturated rings. The molecule has 0 aliphatic rings. The monoisotopic (exact) mass is 677 g/mol. The SMILES string of the molecule is c1ccc(-c2nc(-c3ccccc3)nc(-c3cccc(-c4cccc(-c5cccc(-c6ccc7oc8c9ccccc9ccc8c7c6)c5)c4)c3)n2)cc1. The number of benzene rings is 8. The molecule has 248 valence electrons. The molecular formula is C49H31N3O. The van der Waals surface area contributed by atoms with E-state index in [2.05, 4.69) is 127 Å². The van der Waals surface area contributed by atoms with Gasteiger partial charge in [-0.15, -0.1) is 0 Å². The van der Waals surface area contributed by atoms with Crippen LogP contribution in [0.5, 0.6) is 0 Å². The second-order valence-electron chi connectivity index (χ2n) is 13.3. The van der Waals surface area contributed by atoms with Crippen LogP contribution in [0.2, 0.25) is 0 Å². The van der Waals surface area contributed by atoms with E-state index in [0.29, 0.717) is 17.5 Å². The Balaban J connectivity index is 1.00. The summed E-state index contributed by atoms with van der Waals surface area (Å²) in [5, 5.41) is 4.58. The van der Waals surface area contributed by atoms with E-state index in [0.717, 1.165) is 77.4 Å². The first-order valence-electron chi connectivity index (χ1n) is 17.8. The van der Waals surface area contributed by atoms with Gasteiger partial charge >= 0.3 is 0 Å². The number of furan rings is 1. The van der Waals surface area contributed by atoms with Crippen molar-refractivity contribution in [3.05, 3.63) is 188 Å². The van der Waals surface area contributed by atoms with E-state index in [4.69, 9.17) is 19.4 Å². The third-order valence-electron chi connectivity index (χ3n) is 9.91. The normalized spacial score (nSPS) is 11.4. The average molecular weight is 678 g/mol. The molecule has 0 aliphatic carbocycles. The van der Waals surface area contributed by atoms with Gasteiger partial charge < -0.3 is 4.42 Å². The molecule has 0 bridgehead atoms. The Morgan fingerprint density at radius 3 is 1.32 bits per heavy atom. The summed E-state index contributed by atoms with van der Waals surface area (Å²) in [6.45, 7) is 0. The first-order valence-corrected chi connectivity index (χ1v) is 17.8. The summed E-state index contributed by atoms with van der Waals surface area (Å²) in [5.74, 6) is 1.93. The molecule has 0 unspecified atom stereocenters. The molecule has 0 saturated heterocycles. The second kappa shape index (κ2) is 12.9. The minimum atomic E-state index is 0.638. The number of hydrogen-bond donors (Lipinski definition) is 0. The minimum absolute atomic E-state index is 0.638. The van der Waals surface area contributed by atoms with Gasteiger partial charge in [0.25, 0.3) is 0 Å². The maximum absolute atomic E-state index is 6.38. The molecule has 0 aliphatic heterocycles. The Kier molecular flexibility index (Phi) is 7.43. The van der Waals surface area contributed by atoms with Crippen molar-refractivity contribution in [1.29, 1.82) is 0 Å². The van der Waals surface area contributed by atoms with Gasteiger partial charge in [-0.25, -0.2) is 15.0 Å². The van der Waals surface area contributed by atoms with Gasteiger partial charge in [-0.2, -0.15) is 0 Å². The van der Waals surface area contributed by atoms with Crippen molar-refractivity contribution in [2.45, 2.75) is 0 Å². The number of aromatic nitrogens is 3. The van der Waals surface area contributed by atoms with E-state index in [-0.39, 0.29) is 0 Å². The van der Waals surface area contributed by atoms with Crippen molar-refractivity contribution in [3.63, 3.8) is 0 Å². The molecule has 4 heteroatoms. The van der Waals surface area contributed by atoms with Gasteiger partial charge in [0.05, 0.1) is 0 Å². The van der Waals surface area contributed by atoms with Gasteiger partial charge in [0.15, 0.2) is 17.5 Å². The Labute approximate surface area is 306 Å². The van der Waals surface area contributed by atoms with Crippen LogP contribution in [-0.2, 0) is 0 Å². The standard InChI is InChI=1S/C49H31N3O/c1-3-13-33(14-4-1)47-50-48(34-15-5-2-6-16-34)52-49(51-47)41-22-11-21-39(30-41)37-19-9-17-35(28-37)36-18-10-20-38(29-36)40-25-27-45-44(31-40)43-26-24-32-12-7-8-23-42(32)46(43)53-45/h1-31H. The zero-order valence-corrected chi connectivity index (χ0v) is 28.6. The summed E-state index contributed by atoms with van der Waals surface area (Å²) in [6.07, 6.45) is 0. The fourth-order valence-electron chi connectivity index (χ4n) is 7.22. The molecule has 0 saturated carbocycles. The molecule has 53 heavy (non-hydrogen) atoms. The van der Waals surface area contributed by atoms with Crippen LogP contribution in [0.4, 0.5) is 0 Å². The molecule has 10 aromatic rings. The van der Waals surface area contributed by atoms with Crippen LogP contribution >= 0.6 is 0 Å². The van der Waals surface area contributed by atoms with Crippen molar-refractivity contribution in [2.75, 3.05) is 0 Å². The zero-order valence-electron chi connectivity index (χ0n) is 28.6. The summed E-state index contributed by atoms with van der Waals surface area (Å²) in [4.78, 5) is 14.8. The predicted molar refractivity (Wildman–Crippen MR) is 217 cm³/mol.